The zero-order chi connectivity index (χ0) is 24.6. The number of fused-ring (bicyclic) bond motifs is 2. The van der Waals surface area contributed by atoms with Gasteiger partial charge in [-0.25, -0.2) is 0 Å². The summed E-state index contributed by atoms with van der Waals surface area (Å²) in [6, 6.07) is 1.55. The SMILES string of the molecule is CN1CCC[C@]2(C(=O)O)CCN(C(=O)c3cc4c([nH]c3=O)CCCC4)C[C@@H]12.O=CO.O=CO. The van der Waals surface area contributed by atoms with Crippen molar-refractivity contribution in [1.29, 1.82) is 0 Å². The van der Waals surface area contributed by atoms with Crippen LogP contribution in [0.2, 0.25) is 0 Å². The van der Waals surface area contributed by atoms with Gasteiger partial charge >= 0.3 is 5.97 Å². The van der Waals surface area contributed by atoms with E-state index in [0.29, 0.717) is 25.9 Å². The van der Waals surface area contributed by atoms with Crippen LogP contribution in [0.3, 0.4) is 0 Å². The Balaban J connectivity index is 0.000000582. The summed E-state index contributed by atoms with van der Waals surface area (Å²) in [4.78, 5) is 61.0. The highest BCUT2D eigenvalue weighted by molar-refractivity contribution is 5.94. The van der Waals surface area contributed by atoms with Crippen molar-refractivity contribution in [2.24, 2.45) is 5.41 Å². The third kappa shape index (κ3) is 5.59. The molecule has 1 aliphatic carbocycles. The van der Waals surface area contributed by atoms with E-state index >= 15 is 0 Å². The number of H-pyrrole nitrogens is 1. The molecule has 0 unspecified atom stereocenters. The van der Waals surface area contributed by atoms with Crippen molar-refractivity contribution in [3.8, 4) is 0 Å². The standard InChI is InChI=1S/C20H27N3O4.2CH2O2/c1-22-9-4-7-20(19(26)27)8-10-23(12-16(20)22)18(25)14-11-13-5-2-3-6-15(13)21-17(14)24;2*2-1-3/h11,16H,2-10,12H2,1H3,(H,21,24)(H,26,27);2*1H,(H,2,3)/t16-,20+;;/m1../s1. The number of aromatic amines is 1. The van der Waals surface area contributed by atoms with Gasteiger partial charge in [-0.05, 0) is 70.2 Å². The maximum atomic E-state index is 13.1. The van der Waals surface area contributed by atoms with E-state index in [9.17, 15) is 19.5 Å². The molecule has 2 fully saturated rings. The third-order valence-electron chi connectivity index (χ3n) is 6.81. The number of carbonyl (C=O) groups excluding carboxylic acids is 1. The number of hydrogen-bond donors (Lipinski definition) is 4. The number of hydrogen-bond acceptors (Lipinski definition) is 6. The number of likely N-dealkylation sites (N-methyl/N-ethyl adjacent to an activating group) is 1. The number of carbonyl (C=O) groups is 4. The summed E-state index contributed by atoms with van der Waals surface area (Å²) < 4.78 is 0. The molecule has 0 bridgehead atoms. The largest absolute Gasteiger partial charge is 0.483 e. The number of carboxylic acids is 1. The molecular formula is C22H31N3O8. The minimum absolute atomic E-state index is 0.192. The minimum Gasteiger partial charge on any atom is -0.483 e. The van der Waals surface area contributed by atoms with Crippen LogP contribution in [0, 0.1) is 5.41 Å². The Morgan fingerprint density at radius 3 is 2.36 bits per heavy atom. The van der Waals surface area contributed by atoms with Gasteiger partial charge in [0.1, 0.15) is 5.56 Å². The Morgan fingerprint density at radius 1 is 1.09 bits per heavy atom. The lowest BCUT2D eigenvalue weighted by molar-refractivity contribution is -0.161. The summed E-state index contributed by atoms with van der Waals surface area (Å²) in [6.07, 6.45) is 5.83. The van der Waals surface area contributed by atoms with E-state index < -0.39 is 11.4 Å². The van der Waals surface area contributed by atoms with Gasteiger partial charge in [-0.3, -0.25) is 24.0 Å². The average Bonchev–Trinajstić information content (AvgIpc) is 2.79. The van der Waals surface area contributed by atoms with Gasteiger partial charge in [0.25, 0.3) is 24.4 Å². The summed E-state index contributed by atoms with van der Waals surface area (Å²) in [7, 11) is 1.93. The first kappa shape index (κ1) is 26.0. The van der Waals surface area contributed by atoms with Gasteiger partial charge in [0.05, 0.1) is 5.41 Å². The Hall–Kier alpha value is -3.21. The van der Waals surface area contributed by atoms with Gasteiger partial charge in [-0.2, -0.15) is 0 Å². The normalized spacial score (nSPS) is 23.9. The van der Waals surface area contributed by atoms with Gasteiger partial charge in [-0.1, -0.05) is 0 Å². The predicted molar refractivity (Wildman–Crippen MR) is 117 cm³/mol. The summed E-state index contributed by atoms with van der Waals surface area (Å²) in [5.41, 5.74) is 1.10. The van der Waals surface area contributed by atoms with E-state index in [0.717, 1.165) is 49.9 Å². The molecule has 2 aliphatic heterocycles. The van der Waals surface area contributed by atoms with E-state index in [1.165, 1.54) is 0 Å². The van der Waals surface area contributed by atoms with Crippen LogP contribution in [-0.4, -0.2) is 87.6 Å². The van der Waals surface area contributed by atoms with E-state index in [1.54, 1.807) is 11.0 Å². The molecule has 0 spiro atoms. The van der Waals surface area contributed by atoms with Crippen LogP contribution in [0.1, 0.15) is 53.7 Å². The molecule has 182 valence electrons. The zero-order valence-corrected chi connectivity index (χ0v) is 18.7. The molecule has 1 aromatic rings. The van der Waals surface area contributed by atoms with E-state index in [4.69, 9.17) is 19.8 Å². The number of aryl methyl sites for hydroxylation is 2. The number of aliphatic carboxylic acids is 1. The quantitative estimate of drug-likeness (QED) is 0.459. The second kappa shape index (κ2) is 11.6. The number of pyridine rings is 1. The molecule has 0 radical (unpaired) electrons. The van der Waals surface area contributed by atoms with Crippen molar-refractivity contribution in [3.63, 3.8) is 0 Å². The Bertz CT molecular complexity index is 925. The smallest absolute Gasteiger partial charge is 0.311 e. The van der Waals surface area contributed by atoms with Crippen LogP contribution in [0.25, 0.3) is 0 Å². The molecule has 33 heavy (non-hydrogen) atoms. The second-order valence-corrected chi connectivity index (χ2v) is 8.50. The first-order chi connectivity index (χ1) is 15.7. The van der Waals surface area contributed by atoms with Crippen LogP contribution in [0.5, 0.6) is 0 Å². The molecule has 1 amide bonds. The van der Waals surface area contributed by atoms with Crippen molar-refractivity contribution < 1.29 is 34.5 Å². The van der Waals surface area contributed by atoms with Crippen LogP contribution >= 0.6 is 0 Å². The van der Waals surface area contributed by atoms with Crippen LogP contribution < -0.4 is 5.56 Å². The number of amides is 1. The number of aromatic nitrogens is 1. The molecule has 2 atom stereocenters. The highest BCUT2D eigenvalue weighted by Crippen LogP contribution is 2.42. The van der Waals surface area contributed by atoms with Gasteiger partial charge in [0.2, 0.25) is 0 Å². The van der Waals surface area contributed by atoms with E-state index in [2.05, 4.69) is 9.88 Å². The average molecular weight is 466 g/mol. The first-order valence-corrected chi connectivity index (χ1v) is 10.9. The van der Waals surface area contributed by atoms with Crippen LogP contribution in [0.15, 0.2) is 10.9 Å². The van der Waals surface area contributed by atoms with Crippen molar-refractivity contribution in [2.45, 2.75) is 51.0 Å². The highest BCUT2D eigenvalue weighted by Gasteiger charge is 2.53. The second-order valence-electron chi connectivity index (χ2n) is 8.50. The maximum Gasteiger partial charge on any atom is 0.311 e. The van der Waals surface area contributed by atoms with Crippen molar-refractivity contribution >= 4 is 24.8 Å². The third-order valence-corrected chi connectivity index (χ3v) is 6.81. The fourth-order valence-electron chi connectivity index (χ4n) is 5.17. The van der Waals surface area contributed by atoms with Gasteiger partial charge in [-0.15, -0.1) is 0 Å². The number of likely N-dealkylation sites (tertiary alicyclic amines) is 2. The minimum atomic E-state index is -0.786. The monoisotopic (exact) mass is 465 g/mol. The molecule has 11 heteroatoms. The molecule has 4 rings (SSSR count). The van der Waals surface area contributed by atoms with Crippen molar-refractivity contribution in [1.82, 2.24) is 14.8 Å². The number of piperidine rings is 2. The Kier molecular flexibility index (Phi) is 9.15. The van der Waals surface area contributed by atoms with Crippen molar-refractivity contribution in [2.75, 3.05) is 26.7 Å². The molecule has 3 heterocycles. The molecule has 4 N–H and O–H groups in total. The fourth-order valence-corrected chi connectivity index (χ4v) is 5.17. The molecule has 2 saturated heterocycles. The molecule has 0 saturated carbocycles. The predicted octanol–water partition coefficient (Wildman–Crippen LogP) is 0.666. The van der Waals surface area contributed by atoms with Crippen molar-refractivity contribution in [3.05, 3.63) is 33.2 Å². The van der Waals surface area contributed by atoms with Gasteiger partial charge in [0, 0.05) is 24.8 Å². The number of carboxylic acid groups (broad SMARTS) is 3. The molecule has 11 nitrogen and oxygen atoms in total. The highest BCUT2D eigenvalue weighted by atomic mass is 16.4. The lowest BCUT2D eigenvalue weighted by Gasteiger charge is -2.51. The molecule has 3 aliphatic rings. The number of nitrogens with one attached hydrogen (secondary N) is 1. The van der Waals surface area contributed by atoms with E-state index in [-0.39, 0.29) is 36.0 Å². The van der Waals surface area contributed by atoms with Crippen LogP contribution in [-0.2, 0) is 27.2 Å². The van der Waals surface area contributed by atoms with Gasteiger partial charge < -0.3 is 30.1 Å². The fraction of sp³-hybridized carbons (Fsp3) is 0.591. The topological polar surface area (TPSA) is 168 Å². The number of nitrogens with zero attached hydrogens (tertiary/aromatic N) is 2. The lowest BCUT2D eigenvalue weighted by atomic mass is 9.68. The number of rotatable bonds is 2. The summed E-state index contributed by atoms with van der Waals surface area (Å²) >= 11 is 0. The Labute approximate surface area is 191 Å². The molecular weight excluding hydrogens is 434 g/mol. The summed E-state index contributed by atoms with van der Waals surface area (Å²) in [5.74, 6) is -1.04. The molecule has 0 aromatic carbocycles. The summed E-state index contributed by atoms with van der Waals surface area (Å²) in [6.45, 7) is 1.07. The summed E-state index contributed by atoms with van der Waals surface area (Å²) in [5, 5.41) is 23.7. The lowest BCUT2D eigenvalue weighted by Crippen LogP contribution is -2.63. The zero-order valence-electron chi connectivity index (χ0n) is 18.7. The van der Waals surface area contributed by atoms with E-state index in [1.807, 2.05) is 7.05 Å². The van der Waals surface area contributed by atoms with Gasteiger partial charge in [0.15, 0.2) is 0 Å². The maximum absolute atomic E-state index is 13.1. The molecule has 1 aromatic heterocycles. The van der Waals surface area contributed by atoms with Crippen LogP contribution in [0.4, 0.5) is 0 Å². The Morgan fingerprint density at radius 2 is 1.73 bits per heavy atom. The first-order valence-electron chi connectivity index (χ1n) is 10.9.